The minimum absolute atomic E-state index is 0.109. The summed E-state index contributed by atoms with van der Waals surface area (Å²) in [6.07, 6.45) is 0.639. The van der Waals surface area contributed by atoms with Gasteiger partial charge in [0.25, 0.3) is 0 Å². The zero-order valence-electron chi connectivity index (χ0n) is 8.28. The molecule has 2 aliphatic heterocycles. The second-order valence-corrected chi connectivity index (χ2v) is 5.79. The van der Waals surface area contributed by atoms with Crippen LogP contribution < -0.4 is 0 Å². The van der Waals surface area contributed by atoms with Crippen LogP contribution in [0.1, 0.15) is 20.3 Å². The van der Waals surface area contributed by atoms with Gasteiger partial charge in [-0.15, -0.1) is 11.8 Å². The molecule has 0 aromatic carbocycles. The maximum Gasteiger partial charge on any atom is 0.302 e. The molecule has 5 heteroatoms. The first-order chi connectivity index (χ1) is 6.50. The molecular formula is C9H13NO3S. The number of β-lactam (4-membered cyclic amide) rings is 1. The fourth-order valence-electron chi connectivity index (χ4n) is 1.78. The van der Waals surface area contributed by atoms with E-state index in [2.05, 4.69) is 0 Å². The zero-order chi connectivity index (χ0) is 10.3. The van der Waals surface area contributed by atoms with Crippen molar-refractivity contribution in [2.24, 2.45) is 0 Å². The standard InChI is InChI=1S/C9H13NO3S/c1-6(11)13-5-9(2)4-10-7(12)3-8(10)14-9/h8H,3-5H2,1-2H3/t8-,9?/m0/s1. The number of fused-ring (bicyclic) bond motifs is 1. The second kappa shape index (κ2) is 3.15. The van der Waals surface area contributed by atoms with Gasteiger partial charge in [-0.3, -0.25) is 9.59 Å². The Morgan fingerprint density at radius 3 is 3.00 bits per heavy atom. The largest absolute Gasteiger partial charge is 0.464 e. The highest BCUT2D eigenvalue weighted by Gasteiger charge is 2.50. The van der Waals surface area contributed by atoms with Crippen molar-refractivity contribution in [2.45, 2.75) is 30.4 Å². The predicted octanol–water partition coefficient (Wildman–Crippen LogP) is 0.613. The Kier molecular flexibility index (Phi) is 2.21. The summed E-state index contributed by atoms with van der Waals surface area (Å²) >= 11 is 1.74. The summed E-state index contributed by atoms with van der Waals surface area (Å²) in [6.45, 7) is 4.54. The average Bonchev–Trinajstić information content (AvgIpc) is 2.37. The van der Waals surface area contributed by atoms with Gasteiger partial charge in [-0.2, -0.15) is 0 Å². The molecule has 2 aliphatic rings. The minimum Gasteiger partial charge on any atom is -0.464 e. The lowest BCUT2D eigenvalue weighted by Crippen LogP contribution is -2.48. The number of esters is 1. The monoisotopic (exact) mass is 215 g/mol. The van der Waals surface area contributed by atoms with E-state index in [0.717, 1.165) is 0 Å². The maximum atomic E-state index is 11.1. The molecule has 2 atom stereocenters. The molecule has 2 saturated heterocycles. The van der Waals surface area contributed by atoms with Crippen LogP contribution >= 0.6 is 11.8 Å². The van der Waals surface area contributed by atoms with Crippen LogP contribution in [0.4, 0.5) is 0 Å². The summed E-state index contributed by atoms with van der Waals surface area (Å²) in [7, 11) is 0. The van der Waals surface area contributed by atoms with E-state index in [1.54, 1.807) is 11.8 Å². The lowest BCUT2D eigenvalue weighted by Gasteiger charge is -2.32. The highest BCUT2D eigenvalue weighted by molar-refractivity contribution is 8.01. The molecule has 2 fully saturated rings. The van der Waals surface area contributed by atoms with Gasteiger partial charge in [0, 0.05) is 13.5 Å². The van der Waals surface area contributed by atoms with Gasteiger partial charge >= 0.3 is 5.97 Å². The van der Waals surface area contributed by atoms with Crippen molar-refractivity contribution in [2.75, 3.05) is 13.2 Å². The van der Waals surface area contributed by atoms with Gasteiger partial charge in [0.2, 0.25) is 5.91 Å². The van der Waals surface area contributed by atoms with Crippen LogP contribution in [0, 0.1) is 0 Å². The van der Waals surface area contributed by atoms with Gasteiger partial charge in [-0.05, 0) is 6.92 Å². The molecule has 78 valence electrons. The first-order valence-electron chi connectivity index (χ1n) is 4.61. The first kappa shape index (κ1) is 9.83. The molecule has 0 spiro atoms. The minimum atomic E-state index is -0.257. The fraction of sp³-hybridized carbons (Fsp3) is 0.778. The van der Waals surface area contributed by atoms with Gasteiger partial charge in [0.1, 0.15) is 6.61 Å². The molecule has 1 amide bonds. The molecule has 4 nitrogen and oxygen atoms in total. The summed E-state index contributed by atoms with van der Waals surface area (Å²) in [6, 6.07) is 0. The number of carbonyl (C=O) groups excluding carboxylic acids is 2. The SMILES string of the molecule is CC(=O)OCC1(C)CN2C(=O)C[C@@H]2S1. The summed E-state index contributed by atoms with van der Waals surface area (Å²) in [5, 5.41) is 0.322. The smallest absolute Gasteiger partial charge is 0.302 e. The van der Waals surface area contributed by atoms with E-state index in [1.807, 2.05) is 11.8 Å². The van der Waals surface area contributed by atoms with Crippen LogP contribution in [-0.4, -0.2) is 40.0 Å². The van der Waals surface area contributed by atoms with E-state index >= 15 is 0 Å². The third kappa shape index (κ3) is 1.61. The van der Waals surface area contributed by atoms with Crippen LogP contribution in [-0.2, 0) is 14.3 Å². The molecule has 0 aliphatic carbocycles. The molecule has 0 saturated carbocycles. The van der Waals surface area contributed by atoms with Crippen LogP contribution in [0.5, 0.6) is 0 Å². The Labute approximate surface area is 87.0 Å². The number of nitrogens with zero attached hydrogens (tertiary/aromatic N) is 1. The molecule has 0 radical (unpaired) electrons. The van der Waals surface area contributed by atoms with Crippen molar-refractivity contribution < 1.29 is 14.3 Å². The second-order valence-electron chi connectivity index (χ2n) is 4.03. The fourth-order valence-corrected chi connectivity index (χ4v) is 3.32. The van der Waals surface area contributed by atoms with Crippen molar-refractivity contribution in [1.29, 1.82) is 0 Å². The summed E-state index contributed by atoms with van der Waals surface area (Å²) in [5.41, 5.74) is 0. The van der Waals surface area contributed by atoms with Crippen molar-refractivity contribution >= 4 is 23.6 Å². The summed E-state index contributed by atoms with van der Waals surface area (Å²) < 4.78 is 4.88. The van der Waals surface area contributed by atoms with Gasteiger partial charge in [-0.1, -0.05) is 0 Å². The Bertz CT molecular complexity index is 294. The molecular weight excluding hydrogens is 202 g/mol. The van der Waals surface area contributed by atoms with Gasteiger partial charge in [-0.25, -0.2) is 0 Å². The summed E-state index contributed by atoms with van der Waals surface area (Å²) in [5.74, 6) is -0.0403. The van der Waals surface area contributed by atoms with E-state index < -0.39 is 0 Å². The number of carbonyl (C=O) groups is 2. The Morgan fingerprint density at radius 1 is 1.79 bits per heavy atom. The molecule has 2 rings (SSSR count). The van der Waals surface area contributed by atoms with Crippen molar-refractivity contribution in [3.63, 3.8) is 0 Å². The van der Waals surface area contributed by atoms with Gasteiger partial charge < -0.3 is 9.64 Å². The highest BCUT2D eigenvalue weighted by atomic mass is 32.2. The quantitative estimate of drug-likeness (QED) is 0.500. The number of hydrogen-bond donors (Lipinski definition) is 0. The first-order valence-corrected chi connectivity index (χ1v) is 5.49. The molecule has 0 aromatic heterocycles. The van der Waals surface area contributed by atoms with E-state index in [0.29, 0.717) is 24.9 Å². The molecule has 0 aromatic rings. The Balaban J connectivity index is 1.92. The van der Waals surface area contributed by atoms with E-state index in [1.165, 1.54) is 6.92 Å². The third-order valence-corrected chi connectivity index (χ3v) is 4.03. The number of thioether (sulfide) groups is 1. The normalized spacial score (nSPS) is 35.1. The van der Waals surface area contributed by atoms with Crippen molar-refractivity contribution in [3.8, 4) is 0 Å². The Morgan fingerprint density at radius 2 is 2.50 bits per heavy atom. The number of hydrogen-bond acceptors (Lipinski definition) is 4. The molecule has 2 heterocycles. The van der Waals surface area contributed by atoms with Crippen LogP contribution in [0.25, 0.3) is 0 Å². The average molecular weight is 215 g/mol. The van der Waals surface area contributed by atoms with Crippen LogP contribution in [0.15, 0.2) is 0 Å². The lowest BCUT2D eigenvalue weighted by molar-refractivity contribution is -0.142. The zero-order valence-corrected chi connectivity index (χ0v) is 9.10. The van der Waals surface area contributed by atoms with E-state index in [4.69, 9.17) is 4.74 Å². The number of amides is 1. The Hall–Kier alpha value is -0.710. The van der Waals surface area contributed by atoms with Crippen LogP contribution in [0.2, 0.25) is 0 Å². The maximum absolute atomic E-state index is 11.1. The van der Waals surface area contributed by atoms with Gasteiger partial charge in [0.05, 0.1) is 16.5 Å². The number of rotatable bonds is 2. The highest BCUT2D eigenvalue weighted by Crippen LogP contribution is 2.46. The van der Waals surface area contributed by atoms with E-state index in [-0.39, 0.29) is 16.6 Å². The molecule has 14 heavy (non-hydrogen) atoms. The van der Waals surface area contributed by atoms with Crippen molar-refractivity contribution in [1.82, 2.24) is 4.90 Å². The van der Waals surface area contributed by atoms with Gasteiger partial charge in [0.15, 0.2) is 0 Å². The summed E-state index contributed by atoms with van der Waals surface area (Å²) in [4.78, 5) is 23.7. The molecule has 0 bridgehead atoms. The number of ether oxygens (including phenoxy) is 1. The topological polar surface area (TPSA) is 46.6 Å². The third-order valence-electron chi connectivity index (χ3n) is 2.52. The molecule has 1 unspecified atom stereocenters. The van der Waals surface area contributed by atoms with Crippen molar-refractivity contribution in [3.05, 3.63) is 0 Å². The molecule has 0 N–H and O–H groups in total. The predicted molar refractivity (Wildman–Crippen MR) is 52.7 cm³/mol. The van der Waals surface area contributed by atoms with Crippen LogP contribution in [0.3, 0.4) is 0 Å². The van der Waals surface area contributed by atoms with E-state index in [9.17, 15) is 9.59 Å². The lowest BCUT2D eigenvalue weighted by atomic mass is 10.1.